The second-order valence-electron chi connectivity index (χ2n) is 7.23. The molecule has 0 unspecified atom stereocenters. The van der Waals surface area contributed by atoms with Crippen molar-refractivity contribution in [2.75, 3.05) is 13.7 Å². The lowest BCUT2D eigenvalue weighted by Gasteiger charge is -2.36. The van der Waals surface area contributed by atoms with Gasteiger partial charge in [0.15, 0.2) is 0 Å². The molecule has 1 fully saturated rings. The van der Waals surface area contributed by atoms with E-state index in [-0.39, 0.29) is 17.7 Å². The van der Waals surface area contributed by atoms with E-state index in [2.05, 4.69) is 11.4 Å². The molecular formula is C22H24N2O3. The van der Waals surface area contributed by atoms with Crippen LogP contribution in [0.25, 0.3) is 0 Å². The Kier molecular flexibility index (Phi) is 4.84. The quantitative estimate of drug-likeness (QED) is 0.888. The van der Waals surface area contributed by atoms with Crippen molar-refractivity contribution in [3.8, 4) is 5.75 Å². The summed E-state index contributed by atoms with van der Waals surface area (Å²) in [5, 5.41) is 3.02. The summed E-state index contributed by atoms with van der Waals surface area (Å²) in [6.07, 6.45) is 2.68. The smallest absolute Gasteiger partial charge is 0.247 e. The third-order valence-electron chi connectivity index (χ3n) is 5.34. The fourth-order valence-corrected chi connectivity index (χ4v) is 3.72. The van der Waals surface area contributed by atoms with E-state index in [0.29, 0.717) is 13.1 Å². The summed E-state index contributed by atoms with van der Waals surface area (Å²) in [7, 11) is 1.62. The van der Waals surface area contributed by atoms with Crippen molar-refractivity contribution in [2.45, 2.75) is 31.8 Å². The molecule has 4 rings (SSSR count). The standard InChI is InChI=1S/C22H24N2O3/c1-27-18-7-4-5-15(13-18)14-23-21(25)20-19-8-3-2-6-16(19)11-12-24(20)22(26)17-9-10-17/h2-8,13,17,20H,9-12,14H2,1H3,(H,23,25)/t20-/m1/s1. The second kappa shape index (κ2) is 7.43. The van der Waals surface area contributed by atoms with Crippen molar-refractivity contribution in [2.24, 2.45) is 5.92 Å². The predicted molar refractivity (Wildman–Crippen MR) is 102 cm³/mol. The number of nitrogens with one attached hydrogen (secondary N) is 1. The van der Waals surface area contributed by atoms with Crippen molar-refractivity contribution >= 4 is 11.8 Å². The fourth-order valence-electron chi connectivity index (χ4n) is 3.72. The maximum atomic E-state index is 13.1. The van der Waals surface area contributed by atoms with Crippen LogP contribution in [0, 0.1) is 5.92 Å². The van der Waals surface area contributed by atoms with Crippen LogP contribution in [0.3, 0.4) is 0 Å². The first-order chi connectivity index (χ1) is 13.2. The summed E-state index contributed by atoms with van der Waals surface area (Å²) < 4.78 is 5.24. The number of amides is 2. The molecular weight excluding hydrogens is 340 g/mol. The van der Waals surface area contributed by atoms with E-state index in [9.17, 15) is 9.59 Å². The average molecular weight is 364 g/mol. The molecule has 5 heteroatoms. The van der Waals surface area contributed by atoms with Gasteiger partial charge in [0.1, 0.15) is 11.8 Å². The lowest BCUT2D eigenvalue weighted by molar-refractivity contribution is -0.142. The monoisotopic (exact) mass is 364 g/mol. The van der Waals surface area contributed by atoms with Crippen LogP contribution >= 0.6 is 0 Å². The highest BCUT2D eigenvalue weighted by Gasteiger charge is 2.41. The van der Waals surface area contributed by atoms with Crippen molar-refractivity contribution in [3.05, 3.63) is 65.2 Å². The summed E-state index contributed by atoms with van der Waals surface area (Å²) in [6.45, 7) is 1.00. The van der Waals surface area contributed by atoms with Crippen molar-refractivity contribution < 1.29 is 14.3 Å². The van der Waals surface area contributed by atoms with E-state index in [1.165, 1.54) is 0 Å². The minimum absolute atomic E-state index is 0.101. The lowest BCUT2D eigenvalue weighted by Crippen LogP contribution is -2.47. The number of nitrogens with zero attached hydrogens (tertiary/aromatic N) is 1. The molecule has 0 aromatic heterocycles. The molecule has 1 atom stereocenters. The maximum absolute atomic E-state index is 13.1. The van der Waals surface area contributed by atoms with Gasteiger partial charge in [-0.05, 0) is 48.1 Å². The highest BCUT2D eigenvalue weighted by atomic mass is 16.5. The molecule has 0 bridgehead atoms. The lowest BCUT2D eigenvalue weighted by atomic mass is 9.91. The first-order valence-corrected chi connectivity index (χ1v) is 9.46. The van der Waals surface area contributed by atoms with E-state index < -0.39 is 6.04 Å². The molecule has 140 valence electrons. The zero-order valence-electron chi connectivity index (χ0n) is 15.5. The number of methoxy groups -OCH3 is 1. The largest absolute Gasteiger partial charge is 0.497 e. The van der Waals surface area contributed by atoms with Gasteiger partial charge in [0.05, 0.1) is 7.11 Å². The van der Waals surface area contributed by atoms with Gasteiger partial charge in [0.2, 0.25) is 11.8 Å². The van der Waals surface area contributed by atoms with Crippen LogP contribution in [0.15, 0.2) is 48.5 Å². The third kappa shape index (κ3) is 3.68. The highest BCUT2D eigenvalue weighted by molar-refractivity contribution is 5.91. The summed E-state index contributed by atoms with van der Waals surface area (Å²) in [4.78, 5) is 27.7. The van der Waals surface area contributed by atoms with E-state index >= 15 is 0 Å². The predicted octanol–water partition coefficient (Wildman–Crippen LogP) is 2.85. The van der Waals surface area contributed by atoms with Crippen LogP contribution < -0.4 is 10.1 Å². The van der Waals surface area contributed by atoms with Crippen LogP contribution in [0.1, 0.15) is 35.6 Å². The molecule has 2 aromatic rings. The molecule has 1 aliphatic heterocycles. The fraction of sp³-hybridized carbons (Fsp3) is 0.364. The molecule has 0 radical (unpaired) electrons. The average Bonchev–Trinajstić information content (AvgIpc) is 3.56. The molecule has 2 aromatic carbocycles. The first-order valence-electron chi connectivity index (χ1n) is 9.46. The van der Waals surface area contributed by atoms with Gasteiger partial charge < -0.3 is 15.0 Å². The molecule has 2 amide bonds. The van der Waals surface area contributed by atoms with Crippen LogP contribution in [-0.2, 0) is 22.6 Å². The van der Waals surface area contributed by atoms with Gasteiger partial charge in [-0.2, -0.15) is 0 Å². The molecule has 27 heavy (non-hydrogen) atoms. The summed E-state index contributed by atoms with van der Waals surface area (Å²) >= 11 is 0. The highest BCUT2D eigenvalue weighted by Crippen LogP contribution is 2.37. The van der Waals surface area contributed by atoms with Crippen LogP contribution in [0.2, 0.25) is 0 Å². The number of carbonyl (C=O) groups is 2. The molecule has 0 saturated heterocycles. The van der Waals surface area contributed by atoms with Gasteiger partial charge in [0.25, 0.3) is 0 Å². The summed E-state index contributed by atoms with van der Waals surface area (Å²) in [5.41, 5.74) is 3.06. The Balaban J connectivity index is 1.55. The zero-order chi connectivity index (χ0) is 18.8. The Hall–Kier alpha value is -2.82. The molecule has 1 aliphatic carbocycles. The van der Waals surface area contributed by atoms with Crippen molar-refractivity contribution in [1.82, 2.24) is 10.2 Å². The zero-order valence-corrected chi connectivity index (χ0v) is 15.5. The second-order valence-corrected chi connectivity index (χ2v) is 7.23. The number of hydrogen-bond acceptors (Lipinski definition) is 3. The van der Waals surface area contributed by atoms with Crippen molar-refractivity contribution in [3.63, 3.8) is 0 Å². The maximum Gasteiger partial charge on any atom is 0.247 e. The first kappa shape index (κ1) is 17.6. The van der Waals surface area contributed by atoms with Gasteiger partial charge in [-0.15, -0.1) is 0 Å². The van der Waals surface area contributed by atoms with E-state index in [1.807, 2.05) is 42.5 Å². The molecule has 5 nitrogen and oxygen atoms in total. The van der Waals surface area contributed by atoms with Crippen LogP contribution in [0.4, 0.5) is 0 Å². The van der Waals surface area contributed by atoms with Gasteiger partial charge in [0, 0.05) is 19.0 Å². The summed E-state index contributed by atoms with van der Waals surface area (Å²) in [6, 6.07) is 15.0. The number of ether oxygens (including phenoxy) is 1. The number of benzene rings is 2. The summed E-state index contributed by atoms with van der Waals surface area (Å²) in [5.74, 6) is 0.851. The van der Waals surface area contributed by atoms with Crippen LogP contribution in [-0.4, -0.2) is 30.4 Å². The van der Waals surface area contributed by atoms with Gasteiger partial charge in [-0.25, -0.2) is 0 Å². The topological polar surface area (TPSA) is 58.6 Å². The Labute approximate surface area is 159 Å². The van der Waals surface area contributed by atoms with Gasteiger partial charge in [-0.3, -0.25) is 9.59 Å². The van der Waals surface area contributed by atoms with E-state index in [0.717, 1.165) is 41.7 Å². The van der Waals surface area contributed by atoms with Gasteiger partial charge in [-0.1, -0.05) is 36.4 Å². The normalized spacial score (nSPS) is 18.6. The number of carbonyl (C=O) groups excluding carboxylic acids is 2. The Morgan fingerprint density at radius 3 is 2.74 bits per heavy atom. The number of fused-ring (bicyclic) bond motifs is 1. The number of rotatable bonds is 5. The molecule has 1 N–H and O–H groups in total. The third-order valence-corrected chi connectivity index (χ3v) is 5.34. The van der Waals surface area contributed by atoms with Crippen LogP contribution in [0.5, 0.6) is 5.75 Å². The minimum Gasteiger partial charge on any atom is -0.497 e. The molecule has 0 spiro atoms. The van der Waals surface area contributed by atoms with E-state index in [4.69, 9.17) is 4.74 Å². The van der Waals surface area contributed by atoms with E-state index in [1.54, 1.807) is 12.0 Å². The Morgan fingerprint density at radius 2 is 1.96 bits per heavy atom. The molecule has 2 aliphatic rings. The Morgan fingerprint density at radius 1 is 1.15 bits per heavy atom. The van der Waals surface area contributed by atoms with Gasteiger partial charge >= 0.3 is 0 Å². The Bertz CT molecular complexity index is 860. The molecule has 1 heterocycles. The minimum atomic E-state index is -0.548. The SMILES string of the molecule is COc1cccc(CNC(=O)[C@H]2c3ccccc3CCN2C(=O)C2CC2)c1. The molecule has 1 saturated carbocycles. The van der Waals surface area contributed by atoms with Crippen molar-refractivity contribution in [1.29, 1.82) is 0 Å². The number of hydrogen-bond donors (Lipinski definition) is 1.